The van der Waals surface area contributed by atoms with Gasteiger partial charge in [-0.2, -0.15) is 0 Å². The van der Waals surface area contributed by atoms with Crippen LogP contribution in [0.25, 0.3) is 0 Å². The number of carboxylic acid groups (broad SMARTS) is 1. The van der Waals surface area contributed by atoms with Crippen LogP contribution in [0.3, 0.4) is 0 Å². The van der Waals surface area contributed by atoms with Gasteiger partial charge >= 0.3 is 5.97 Å². The molecular weight excluding hydrogens is 354 g/mol. The van der Waals surface area contributed by atoms with E-state index in [-0.39, 0.29) is 23.3 Å². The van der Waals surface area contributed by atoms with Gasteiger partial charge in [-0.3, -0.25) is 4.79 Å². The molecule has 1 unspecified atom stereocenters. The Balaban J connectivity index is 2.03. The van der Waals surface area contributed by atoms with E-state index in [4.69, 9.17) is 9.47 Å². The lowest BCUT2D eigenvalue weighted by Gasteiger charge is -2.18. The lowest BCUT2D eigenvalue weighted by Crippen LogP contribution is -2.28. The summed E-state index contributed by atoms with van der Waals surface area (Å²) >= 11 is 1.19. The molecule has 0 aliphatic carbocycles. The maximum Gasteiger partial charge on any atom is 0.336 e. The van der Waals surface area contributed by atoms with Gasteiger partial charge in [0.25, 0.3) is 0 Å². The number of benzene rings is 2. The van der Waals surface area contributed by atoms with Crippen LogP contribution in [0.4, 0.5) is 0 Å². The zero-order chi connectivity index (χ0) is 19.1. The molecule has 1 atom stereocenters. The quantitative estimate of drug-likeness (QED) is 0.688. The summed E-state index contributed by atoms with van der Waals surface area (Å²) in [6, 6.07) is 11.7. The van der Waals surface area contributed by atoms with E-state index in [0.717, 1.165) is 5.56 Å². The maximum absolute atomic E-state index is 12.3. The Labute approximate surface area is 156 Å². The zero-order valence-corrected chi connectivity index (χ0v) is 15.6. The predicted molar refractivity (Wildman–Crippen MR) is 100 cm³/mol. The van der Waals surface area contributed by atoms with E-state index < -0.39 is 5.97 Å². The molecule has 2 aromatic carbocycles. The van der Waals surface area contributed by atoms with E-state index in [0.29, 0.717) is 16.4 Å². The van der Waals surface area contributed by atoms with Crippen molar-refractivity contribution < 1.29 is 24.2 Å². The number of amides is 1. The number of hydrogen-bond donors (Lipinski definition) is 2. The minimum absolute atomic E-state index is 0.112. The van der Waals surface area contributed by atoms with Crippen LogP contribution in [0.5, 0.6) is 11.5 Å². The van der Waals surface area contributed by atoms with Crippen molar-refractivity contribution in [2.24, 2.45) is 0 Å². The first kappa shape index (κ1) is 19.7. The minimum atomic E-state index is -1.01. The van der Waals surface area contributed by atoms with Gasteiger partial charge in [-0.25, -0.2) is 4.79 Å². The third-order valence-electron chi connectivity index (χ3n) is 3.76. The molecule has 0 spiro atoms. The molecule has 0 aliphatic rings. The summed E-state index contributed by atoms with van der Waals surface area (Å²) in [6.45, 7) is 1.85. The summed E-state index contributed by atoms with van der Waals surface area (Å²) in [6.07, 6.45) is 0. The van der Waals surface area contributed by atoms with Crippen LogP contribution >= 0.6 is 11.8 Å². The van der Waals surface area contributed by atoms with Gasteiger partial charge in [0.2, 0.25) is 5.91 Å². The third kappa shape index (κ3) is 4.92. The predicted octanol–water partition coefficient (Wildman–Crippen LogP) is 3.37. The number of hydrogen-bond acceptors (Lipinski definition) is 5. The van der Waals surface area contributed by atoms with E-state index in [1.807, 2.05) is 13.0 Å². The molecule has 138 valence electrons. The molecule has 2 N–H and O–H groups in total. The van der Waals surface area contributed by atoms with Crippen molar-refractivity contribution >= 4 is 23.6 Å². The zero-order valence-electron chi connectivity index (χ0n) is 14.8. The van der Waals surface area contributed by atoms with Gasteiger partial charge < -0.3 is 19.9 Å². The molecule has 26 heavy (non-hydrogen) atoms. The molecule has 0 aromatic heterocycles. The number of methoxy groups -OCH3 is 2. The van der Waals surface area contributed by atoms with Crippen molar-refractivity contribution in [3.8, 4) is 11.5 Å². The summed E-state index contributed by atoms with van der Waals surface area (Å²) in [5.74, 6) is 0.227. The van der Waals surface area contributed by atoms with E-state index >= 15 is 0 Å². The highest BCUT2D eigenvalue weighted by atomic mass is 32.2. The first-order chi connectivity index (χ1) is 12.5. The number of aromatic carboxylic acids is 1. The van der Waals surface area contributed by atoms with E-state index in [2.05, 4.69) is 5.32 Å². The maximum atomic E-state index is 12.3. The SMILES string of the molecule is COc1ccc(OC)c(C(C)NC(=O)CSc2ccccc2C(=O)O)c1. The molecule has 6 nitrogen and oxygen atoms in total. The molecule has 2 rings (SSSR count). The van der Waals surface area contributed by atoms with Gasteiger partial charge in [0.15, 0.2) is 0 Å². The fourth-order valence-corrected chi connectivity index (χ4v) is 3.31. The first-order valence-corrected chi connectivity index (χ1v) is 8.91. The van der Waals surface area contributed by atoms with Crippen LogP contribution in [0.15, 0.2) is 47.4 Å². The first-order valence-electron chi connectivity index (χ1n) is 7.92. The van der Waals surface area contributed by atoms with Crippen LogP contribution in [-0.4, -0.2) is 37.0 Å². The van der Waals surface area contributed by atoms with Crippen molar-refractivity contribution in [3.63, 3.8) is 0 Å². The van der Waals surface area contributed by atoms with E-state index in [1.165, 1.54) is 17.8 Å². The second-order valence-electron chi connectivity index (χ2n) is 5.49. The van der Waals surface area contributed by atoms with Crippen LogP contribution < -0.4 is 14.8 Å². The van der Waals surface area contributed by atoms with Crippen LogP contribution in [0.2, 0.25) is 0 Å². The Morgan fingerprint density at radius 2 is 1.88 bits per heavy atom. The van der Waals surface area contributed by atoms with Crippen molar-refractivity contribution in [1.82, 2.24) is 5.32 Å². The number of thioether (sulfide) groups is 1. The Morgan fingerprint density at radius 3 is 2.54 bits per heavy atom. The monoisotopic (exact) mass is 375 g/mol. The van der Waals surface area contributed by atoms with Crippen molar-refractivity contribution in [2.45, 2.75) is 17.9 Å². The average Bonchev–Trinajstić information content (AvgIpc) is 2.65. The Morgan fingerprint density at radius 1 is 1.15 bits per heavy atom. The largest absolute Gasteiger partial charge is 0.497 e. The number of carboxylic acids is 1. The van der Waals surface area contributed by atoms with Gasteiger partial charge in [0, 0.05) is 10.5 Å². The molecule has 0 aliphatic heterocycles. The topological polar surface area (TPSA) is 84.9 Å². The lowest BCUT2D eigenvalue weighted by molar-refractivity contribution is -0.119. The Kier molecular flexibility index (Phi) is 6.91. The van der Waals surface area contributed by atoms with Crippen LogP contribution in [0.1, 0.15) is 28.9 Å². The van der Waals surface area contributed by atoms with Gasteiger partial charge in [-0.15, -0.1) is 11.8 Å². The summed E-state index contributed by atoms with van der Waals surface area (Å²) in [7, 11) is 3.14. The van der Waals surface area contributed by atoms with Gasteiger partial charge in [-0.05, 0) is 37.3 Å². The van der Waals surface area contributed by atoms with Crippen molar-refractivity contribution in [3.05, 3.63) is 53.6 Å². The number of rotatable bonds is 8. The average molecular weight is 375 g/mol. The molecular formula is C19H21NO5S. The third-order valence-corrected chi connectivity index (χ3v) is 4.83. The standard InChI is InChI=1S/C19H21NO5S/c1-12(15-10-13(24-2)8-9-16(15)25-3)20-18(21)11-26-17-7-5-4-6-14(17)19(22)23/h4-10,12H,11H2,1-3H3,(H,20,21)(H,22,23). The number of nitrogens with one attached hydrogen (secondary N) is 1. The summed E-state index contributed by atoms with van der Waals surface area (Å²) in [5.41, 5.74) is 0.990. The Bertz CT molecular complexity index is 793. The van der Waals surface area contributed by atoms with E-state index in [1.54, 1.807) is 44.6 Å². The van der Waals surface area contributed by atoms with Crippen molar-refractivity contribution in [2.75, 3.05) is 20.0 Å². The highest BCUT2D eigenvalue weighted by molar-refractivity contribution is 8.00. The molecule has 0 saturated heterocycles. The molecule has 7 heteroatoms. The molecule has 0 radical (unpaired) electrons. The lowest BCUT2D eigenvalue weighted by atomic mass is 10.1. The summed E-state index contributed by atoms with van der Waals surface area (Å²) < 4.78 is 10.6. The highest BCUT2D eigenvalue weighted by Crippen LogP contribution is 2.29. The van der Waals surface area contributed by atoms with Crippen LogP contribution in [-0.2, 0) is 4.79 Å². The number of ether oxygens (including phenoxy) is 2. The van der Waals surface area contributed by atoms with E-state index in [9.17, 15) is 14.7 Å². The molecule has 0 heterocycles. The normalized spacial score (nSPS) is 11.5. The molecule has 0 fully saturated rings. The number of carbonyl (C=O) groups excluding carboxylic acids is 1. The molecule has 1 amide bonds. The fraction of sp³-hybridized carbons (Fsp3) is 0.263. The van der Waals surface area contributed by atoms with Crippen LogP contribution in [0, 0.1) is 0 Å². The Hall–Kier alpha value is -2.67. The smallest absolute Gasteiger partial charge is 0.336 e. The fourth-order valence-electron chi connectivity index (χ4n) is 2.45. The highest BCUT2D eigenvalue weighted by Gasteiger charge is 2.16. The summed E-state index contributed by atoms with van der Waals surface area (Å²) in [4.78, 5) is 24.1. The summed E-state index contributed by atoms with van der Waals surface area (Å²) in [5, 5.41) is 12.1. The molecule has 0 bridgehead atoms. The second kappa shape index (κ2) is 9.15. The van der Waals surface area contributed by atoms with Gasteiger partial charge in [0.1, 0.15) is 11.5 Å². The molecule has 0 saturated carbocycles. The molecule has 2 aromatic rings. The second-order valence-corrected chi connectivity index (χ2v) is 6.50. The minimum Gasteiger partial charge on any atom is -0.497 e. The van der Waals surface area contributed by atoms with Gasteiger partial charge in [0.05, 0.1) is 31.6 Å². The van der Waals surface area contributed by atoms with Gasteiger partial charge in [-0.1, -0.05) is 12.1 Å². The van der Waals surface area contributed by atoms with Crippen molar-refractivity contribution in [1.29, 1.82) is 0 Å². The number of carbonyl (C=O) groups is 2.